The lowest BCUT2D eigenvalue weighted by molar-refractivity contribution is -0.862. The highest BCUT2D eigenvalue weighted by Crippen LogP contribution is 2.27. The van der Waals surface area contributed by atoms with Crippen molar-refractivity contribution < 1.29 is 18.9 Å². The van der Waals surface area contributed by atoms with Gasteiger partial charge in [-0.05, 0) is 36.2 Å². The number of piperazine rings is 1. The van der Waals surface area contributed by atoms with Gasteiger partial charge in [-0.25, -0.2) is 4.98 Å². The Labute approximate surface area is 255 Å². The largest absolute Gasteiger partial charge is 0.335 e. The number of carbonyl (C=O) groups excluding carboxylic acids is 3. The van der Waals surface area contributed by atoms with Crippen molar-refractivity contribution in [3.8, 4) is 22.4 Å². The fourth-order valence-corrected chi connectivity index (χ4v) is 5.41. The lowest BCUT2D eigenvalue weighted by atomic mass is 10.0. The Morgan fingerprint density at radius 1 is 0.977 bits per heavy atom. The Hall–Kier alpha value is -4.48. The molecule has 0 bridgehead atoms. The smallest absolute Gasteiger partial charge is 0.291 e. The number of hydrogen-bond acceptors (Lipinski definition) is 5. The number of anilines is 1. The van der Waals surface area contributed by atoms with Crippen LogP contribution in [0.25, 0.3) is 22.4 Å². The van der Waals surface area contributed by atoms with Crippen LogP contribution in [-0.4, -0.2) is 106 Å². The quantitative estimate of drug-likeness (QED) is 0.313. The minimum Gasteiger partial charge on any atom is -0.335 e. The van der Waals surface area contributed by atoms with E-state index in [1.165, 1.54) is 0 Å². The van der Waals surface area contributed by atoms with E-state index < -0.39 is 5.91 Å². The van der Waals surface area contributed by atoms with E-state index in [1.807, 2.05) is 58.5 Å². The molecule has 12 heteroatoms. The van der Waals surface area contributed by atoms with Crippen molar-refractivity contribution in [3.63, 3.8) is 0 Å². The highest BCUT2D eigenvalue weighted by atomic mass is 35.5. The van der Waals surface area contributed by atoms with Crippen molar-refractivity contribution in [1.29, 1.82) is 0 Å². The molecule has 0 saturated carbocycles. The summed E-state index contributed by atoms with van der Waals surface area (Å²) in [6.07, 6.45) is 3.53. The zero-order valence-electron chi connectivity index (χ0n) is 25.0. The first-order valence-electron chi connectivity index (χ1n) is 14.0. The number of likely N-dealkylation sites (N-methyl/N-ethyl adjacent to an activating group) is 1. The number of aromatic amines is 1. The molecule has 0 unspecified atom stereocenters. The van der Waals surface area contributed by atoms with E-state index in [9.17, 15) is 14.4 Å². The molecule has 1 saturated heterocycles. The van der Waals surface area contributed by atoms with Gasteiger partial charge in [-0.3, -0.25) is 19.5 Å². The zero-order chi connectivity index (χ0) is 30.9. The van der Waals surface area contributed by atoms with Crippen LogP contribution >= 0.6 is 11.6 Å². The summed E-state index contributed by atoms with van der Waals surface area (Å²) in [5.41, 5.74) is 5.51. The number of rotatable bonds is 7. The number of halogens is 1. The second-order valence-corrected chi connectivity index (χ2v) is 12.2. The third-order valence-corrected chi connectivity index (χ3v) is 7.81. The highest BCUT2D eigenvalue weighted by Gasteiger charge is 2.28. The molecule has 0 spiro atoms. The molecule has 1 aliphatic heterocycles. The Morgan fingerprint density at radius 2 is 1.63 bits per heavy atom. The fraction of sp³-hybridized carbons (Fsp3) is 0.323. The van der Waals surface area contributed by atoms with Crippen LogP contribution in [0.3, 0.4) is 0 Å². The SMILES string of the molecule is Cc1n[nH]cc1-c1ccc(-c2cnc(C(=O)Nc3ccc(C(=O)N4CCN(C(=O)C[N+](C)(C)C)CC4)c(Cl)c3)n2C)cc1. The predicted octanol–water partition coefficient (Wildman–Crippen LogP) is 3.68. The average molecular weight is 604 g/mol. The lowest BCUT2D eigenvalue weighted by Gasteiger charge is -2.36. The van der Waals surface area contributed by atoms with E-state index in [4.69, 9.17) is 11.6 Å². The van der Waals surface area contributed by atoms with Crippen molar-refractivity contribution in [2.24, 2.45) is 7.05 Å². The van der Waals surface area contributed by atoms with Crippen LogP contribution in [0.4, 0.5) is 5.69 Å². The number of carbonyl (C=O) groups is 3. The molecule has 11 nitrogen and oxygen atoms in total. The maximum Gasteiger partial charge on any atom is 0.291 e. The summed E-state index contributed by atoms with van der Waals surface area (Å²) in [7, 11) is 7.71. The number of imidazole rings is 1. The first kappa shape index (κ1) is 30.0. The number of quaternary nitrogens is 1. The van der Waals surface area contributed by atoms with Crippen LogP contribution in [0.15, 0.2) is 54.9 Å². The van der Waals surface area contributed by atoms with Crippen LogP contribution in [0, 0.1) is 6.92 Å². The van der Waals surface area contributed by atoms with Crippen molar-refractivity contribution in [3.05, 3.63) is 77.0 Å². The maximum atomic E-state index is 13.2. The molecule has 2 aromatic heterocycles. The molecule has 224 valence electrons. The number of nitrogens with zero attached hydrogens (tertiary/aromatic N) is 6. The monoisotopic (exact) mass is 603 g/mol. The van der Waals surface area contributed by atoms with Gasteiger partial charge in [0.05, 0.1) is 49.3 Å². The number of aromatic nitrogens is 4. The van der Waals surface area contributed by atoms with Crippen LogP contribution in [0.1, 0.15) is 26.7 Å². The van der Waals surface area contributed by atoms with Crippen LogP contribution in [0.2, 0.25) is 5.02 Å². The van der Waals surface area contributed by atoms with Crippen LogP contribution in [-0.2, 0) is 11.8 Å². The summed E-state index contributed by atoms with van der Waals surface area (Å²) < 4.78 is 2.29. The van der Waals surface area contributed by atoms with Crippen molar-refractivity contribution >= 4 is 35.0 Å². The van der Waals surface area contributed by atoms with Gasteiger partial charge in [0.1, 0.15) is 0 Å². The first-order valence-corrected chi connectivity index (χ1v) is 14.4. The molecule has 1 aliphatic rings. The number of hydrogen-bond donors (Lipinski definition) is 2. The number of aryl methyl sites for hydroxylation is 1. The van der Waals surface area contributed by atoms with Gasteiger partial charge < -0.3 is 24.2 Å². The second kappa shape index (κ2) is 12.0. The zero-order valence-corrected chi connectivity index (χ0v) is 25.8. The Balaban J connectivity index is 1.21. The van der Waals surface area contributed by atoms with Gasteiger partial charge in [-0.2, -0.15) is 5.10 Å². The Morgan fingerprint density at radius 3 is 2.23 bits per heavy atom. The minimum absolute atomic E-state index is 0.0796. The van der Waals surface area contributed by atoms with Crippen molar-refractivity contribution in [1.82, 2.24) is 29.5 Å². The molecule has 1 fully saturated rings. The summed E-state index contributed by atoms with van der Waals surface area (Å²) in [4.78, 5) is 46.7. The number of amides is 3. The Bertz CT molecular complexity index is 1660. The molecule has 3 heterocycles. The molecule has 2 N–H and O–H groups in total. The van der Waals surface area contributed by atoms with E-state index in [0.29, 0.717) is 48.5 Å². The van der Waals surface area contributed by atoms with E-state index >= 15 is 0 Å². The van der Waals surface area contributed by atoms with Gasteiger partial charge >= 0.3 is 0 Å². The van der Waals surface area contributed by atoms with Gasteiger partial charge in [-0.1, -0.05) is 35.9 Å². The summed E-state index contributed by atoms with van der Waals surface area (Å²) >= 11 is 6.51. The predicted molar refractivity (Wildman–Crippen MR) is 166 cm³/mol. The van der Waals surface area contributed by atoms with E-state index in [0.717, 1.165) is 28.1 Å². The molecule has 0 aliphatic carbocycles. The normalized spacial score (nSPS) is 13.7. The van der Waals surface area contributed by atoms with Gasteiger partial charge in [0.25, 0.3) is 17.7 Å². The van der Waals surface area contributed by atoms with Crippen LogP contribution < -0.4 is 5.32 Å². The maximum absolute atomic E-state index is 13.2. The van der Waals surface area contributed by atoms with Gasteiger partial charge in [-0.15, -0.1) is 0 Å². The van der Waals surface area contributed by atoms with Gasteiger partial charge in [0.15, 0.2) is 12.4 Å². The molecule has 0 radical (unpaired) electrons. The summed E-state index contributed by atoms with van der Waals surface area (Å²) in [6, 6.07) is 12.8. The van der Waals surface area contributed by atoms with E-state index in [2.05, 4.69) is 20.5 Å². The van der Waals surface area contributed by atoms with Crippen LogP contribution in [0.5, 0.6) is 0 Å². The molecule has 43 heavy (non-hydrogen) atoms. The fourth-order valence-electron chi connectivity index (χ4n) is 5.15. The van der Waals surface area contributed by atoms with Gasteiger partial charge in [0, 0.05) is 50.7 Å². The molecule has 2 aromatic carbocycles. The second-order valence-electron chi connectivity index (χ2n) is 11.8. The summed E-state index contributed by atoms with van der Waals surface area (Å²) in [6.45, 7) is 4.19. The standard InChI is InChI=1S/C31H35ClN8O3/c1-20-25(17-34-36-20)21-6-8-22(9-7-21)27-18-33-29(37(27)2)30(42)35-23-10-11-24(26(32)16-23)31(43)39-14-12-38(13-15-39)28(41)19-40(3,4)5/h6-11,16-18H,12-15,19H2,1-5H3,(H-,34,35,36,42,43)/p+1. The topological polar surface area (TPSA) is 116 Å². The first-order chi connectivity index (χ1) is 20.4. The third kappa shape index (κ3) is 6.63. The minimum atomic E-state index is -0.399. The molecular weight excluding hydrogens is 568 g/mol. The Kier molecular flexibility index (Phi) is 8.38. The number of H-pyrrole nitrogens is 1. The summed E-state index contributed by atoms with van der Waals surface area (Å²) in [5, 5.41) is 10.1. The molecule has 3 amide bonds. The van der Waals surface area contributed by atoms with Crippen molar-refractivity contribution in [2.45, 2.75) is 6.92 Å². The van der Waals surface area contributed by atoms with Crippen molar-refractivity contribution in [2.75, 3.05) is 59.2 Å². The molecule has 5 rings (SSSR count). The van der Waals surface area contributed by atoms with E-state index in [1.54, 1.807) is 45.8 Å². The van der Waals surface area contributed by atoms with E-state index in [-0.39, 0.29) is 22.7 Å². The summed E-state index contributed by atoms with van der Waals surface area (Å²) in [5.74, 6) is -0.289. The lowest BCUT2D eigenvalue weighted by Crippen LogP contribution is -2.54. The molecule has 0 atom stereocenters. The molecule has 4 aromatic rings. The van der Waals surface area contributed by atoms with Gasteiger partial charge in [0.2, 0.25) is 0 Å². The average Bonchev–Trinajstić information content (AvgIpc) is 3.57. The third-order valence-electron chi connectivity index (χ3n) is 7.50. The highest BCUT2D eigenvalue weighted by molar-refractivity contribution is 6.34. The molecular formula is C31H36ClN8O3+. The number of benzene rings is 2. The number of nitrogens with one attached hydrogen (secondary N) is 2.